The molecular formula is C14H10BrFN4O2. The molecule has 0 aliphatic heterocycles. The van der Waals surface area contributed by atoms with Gasteiger partial charge in [0.1, 0.15) is 11.3 Å². The first kappa shape index (κ1) is 14.5. The number of aromatic nitrogens is 3. The van der Waals surface area contributed by atoms with E-state index in [0.29, 0.717) is 15.9 Å². The highest BCUT2D eigenvalue weighted by molar-refractivity contribution is 9.10. The second-order valence-corrected chi connectivity index (χ2v) is 5.56. The van der Waals surface area contributed by atoms with Gasteiger partial charge in [0.25, 0.3) is 11.5 Å². The molecule has 2 aromatic heterocycles. The van der Waals surface area contributed by atoms with E-state index in [4.69, 9.17) is 0 Å². The van der Waals surface area contributed by atoms with E-state index in [1.54, 1.807) is 13.1 Å². The van der Waals surface area contributed by atoms with Crippen molar-refractivity contribution in [3.05, 3.63) is 62.5 Å². The molecule has 0 radical (unpaired) electrons. The molecule has 0 aliphatic rings. The first-order valence-electron chi connectivity index (χ1n) is 6.30. The van der Waals surface area contributed by atoms with Crippen molar-refractivity contribution >= 4 is 33.0 Å². The summed E-state index contributed by atoms with van der Waals surface area (Å²) in [5.41, 5.74) is 1.08. The fraction of sp³-hybridized carbons (Fsp3) is 0.0714. The molecular weight excluding hydrogens is 355 g/mol. The number of amides is 1. The van der Waals surface area contributed by atoms with Gasteiger partial charge >= 0.3 is 0 Å². The summed E-state index contributed by atoms with van der Waals surface area (Å²) >= 11 is 3.17. The number of carbonyl (C=O) groups excluding carboxylic acids is 1. The standard InChI is InChI=1S/C14H10BrFN4O2/c1-7-6-20-12(14(22)17-7)5-11(19-20)13(21)18-10-3-2-8(16)4-9(10)15/h2-6H,1H3,(H,17,22)(H,18,21). The summed E-state index contributed by atoms with van der Waals surface area (Å²) in [7, 11) is 0. The molecule has 6 nitrogen and oxygen atoms in total. The Labute approximate surface area is 132 Å². The summed E-state index contributed by atoms with van der Waals surface area (Å²) in [6.07, 6.45) is 1.61. The summed E-state index contributed by atoms with van der Waals surface area (Å²) in [6, 6.07) is 5.31. The van der Waals surface area contributed by atoms with E-state index in [0.717, 1.165) is 0 Å². The van der Waals surface area contributed by atoms with Crippen LogP contribution in [0.25, 0.3) is 5.52 Å². The molecule has 0 unspecified atom stereocenters. The minimum absolute atomic E-state index is 0.0901. The lowest BCUT2D eigenvalue weighted by Gasteiger charge is -2.05. The van der Waals surface area contributed by atoms with Gasteiger partial charge in [0.15, 0.2) is 5.69 Å². The molecule has 1 amide bonds. The molecule has 112 valence electrons. The third kappa shape index (κ3) is 2.64. The molecule has 0 atom stereocenters. The Bertz CT molecular complexity index is 948. The molecule has 0 aliphatic carbocycles. The highest BCUT2D eigenvalue weighted by Gasteiger charge is 2.14. The number of hydrogen-bond acceptors (Lipinski definition) is 3. The maximum absolute atomic E-state index is 13.0. The van der Waals surface area contributed by atoms with E-state index in [-0.39, 0.29) is 16.8 Å². The number of nitrogens with zero attached hydrogens (tertiary/aromatic N) is 2. The lowest BCUT2D eigenvalue weighted by atomic mass is 10.3. The molecule has 2 N–H and O–H groups in total. The van der Waals surface area contributed by atoms with E-state index >= 15 is 0 Å². The number of carbonyl (C=O) groups is 1. The van der Waals surface area contributed by atoms with E-state index in [1.165, 1.54) is 28.8 Å². The number of aromatic amines is 1. The predicted molar refractivity (Wildman–Crippen MR) is 82.6 cm³/mol. The average Bonchev–Trinajstić information content (AvgIpc) is 2.86. The Kier molecular flexibility index (Phi) is 3.53. The third-order valence-corrected chi connectivity index (χ3v) is 3.66. The zero-order valence-corrected chi connectivity index (χ0v) is 12.9. The van der Waals surface area contributed by atoms with E-state index in [2.05, 4.69) is 31.3 Å². The molecule has 0 fully saturated rings. The number of H-pyrrole nitrogens is 1. The first-order chi connectivity index (χ1) is 10.4. The summed E-state index contributed by atoms with van der Waals surface area (Å²) in [4.78, 5) is 26.6. The van der Waals surface area contributed by atoms with Gasteiger partial charge in [-0.25, -0.2) is 8.91 Å². The number of fused-ring (bicyclic) bond motifs is 1. The molecule has 22 heavy (non-hydrogen) atoms. The van der Waals surface area contributed by atoms with Crippen molar-refractivity contribution in [1.82, 2.24) is 14.6 Å². The van der Waals surface area contributed by atoms with Crippen LogP contribution >= 0.6 is 15.9 Å². The molecule has 0 saturated heterocycles. The Morgan fingerprint density at radius 1 is 1.41 bits per heavy atom. The maximum Gasteiger partial charge on any atom is 0.276 e. The molecule has 3 aromatic rings. The first-order valence-corrected chi connectivity index (χ1v) is 7.09. The van der Waals surface area contributed by atoms with Crippen molar-refractivity contribution in [2.75, 3.05) is 5.32 Å². The number of anilines is 1. The van der Waals surface area contributed by atoms with Crippen LogP contribution in [0.15, 0.2) is 39.7 Å². The second kappa shape index (κ2) is 5.38. The van der Waals surface area contributed by atoms with Gasteiger partial charge in [-0.1, -0.05) is 0 Å². The zero-order chi connectivity index (χ0) is 15.9. The fourth-order valence-corrected chi connectivity index (χ4v) is 2.46. The normalized spacial score (nSPS) is 10.9. The van der Waals surface area contributed by atoms with Crippen LogP contribution < -0.4 is 10.9 Å². The maximum atomic E-state index is 13.0. The molecule has 0 spiro atoms. The number of nitrogens with one attached hydrogen (secondary N) is 2. The molecule has 8 heteroatoms. The number of hydrogen-bond donors (Lipinski definition) is 2. The number of aryl methyl sites for hydroxylation is 1. The van der Waals surface area contributed by atoms with Crippen LogP contribution in [0.4, 0.5) is 10.1 Å². The van der Waals surface area contributed by atoms with Gasteiger partial charge in [0.05, 0.1) is 5.69 Å². The van der Waals surface area contributed by atoms with Gasteiger partial charge in [-0.3, -0.25) is 9.59 Å². The molecule has 0 saturated carbocycles. The van der Waals surface area contributed by atoms with Crippen LogP contribution in [0.5, 0.6) is 0 Å². The predicted octanol–water partition coefficient (Wildman–Crippen LogP) is 2.48. The fourth-order valence-electron chi connectivity index (χ4n) is 2.01. The molecule has 0 bridgehead atoms. The van der Waals surface area contributed by atoms with Gasteiger partial charge in [-0.15, -0.1) is 0 Å². The Hall–Kier alpha value is -2.48. The van der Waals surface area contributed by atoms with E-state index in [9.17, 15) is 14.0 Å². The Morgan fingerprint density at radius 2 is 2.18 bits per heavy atom. The van der Waals surface area contributed by atoms with Crippen LogP contribution in [0.2, 0.25) is 0 Å². The van der Waals surface area contributed by atoms with Crippen molar-refractivity contribution < 1.29 is 9.18 Å². The van der Waals surface area contributed by atoms with Crippen LogP contribution in [-0.4, -0.2) is 20.5 Å². The van der Waals surface area contributed by atoms with Crippen LogP contribution in [0.3, 0.4) is 0 Å². The lowest BCUT2D eigenvalue weighted by Crippen LogP contribution is -2.13. The van der Waals surface area contributed by atoms with Crippen molar-refractivity contribution in [2.45, 2.75) is 6.92 Å². The van der Waals surface area contributed by atoms with Gasteiger partial charge in [-0.2, -0.15) is 5.10 Å². The number of benzene rings is 1. The molecule has 2 heterocycles. The van der Waals surface area contributed by atoms with Gasteiger partial charge in [-0.05, 0) is 41.1 Å². The minimum Gasteiger partial charge on any atom is -0.323 e. The SMILES string of the molecule is Cc1cn2nc(C(=O)Nc3ccc(F)cc3Br)cc2c(=O)[nH]1. The average molecular weight is 365 g/mol. The van der Waals surface area contributed by atoms with E-state index < -0.39 is 11.7 Å². The topological polar surface area (TPSA) is 79.3 Å². The van der Waals surface area contributed by atoms with Crippen molar-refractivity contribution in [2.24, 2.45) is 0 Å². The van der Waals surface area contributed by atoms with Crippen LogP contribution in [0, 0.1) is 12.7 Å². The molecule has 3 rings (SSSR count). The van der Waals surface area contributed by atoms with Crippen molar-refractivity contribution in [1.29, 1.82) is 0 Å². The summed E-state index contributed by atoms with van der Waals surface area (Å²) in [5.74, 6) is -0.910. The van der Waals surface area contributed by atoms with Crippen molar-refractivity contribution in [3.8, 4) is 0 Å². The Balaban J connectivity index is 1.95. The number of rotatable bonds is 2. The second-order valence-electron chi connectivity index (χ2n) is 4.70. The van der Waals surface area contributed by atoms with Crippen LogP contribution in [0.1, 0.15) is 16.2 Å². The monoisotopic (exact) mass is 364 g/mol. The van der Waals surface area contributed by atoms with Crippen molar-refractivity contribution in [3.63, 3.8) is 0 Å². The van der Waals surface area contributed by atoms with E-state index in [1.807, 2.05) is 0 Å². The summed E-state index contributed by atoms with van der Waals surface area (Å²) < 4.78 is 14.8. The third-order valence-electron chi connectivity index (χ3n) is 3.01. The highest BCUT2D eigenvalue weighted by Crippen LogP contribution is 2.23. The number of halogens is 2. The lowest BCUT2D eigenvalue weighted by molar-refractivity contribution is 0.102. The smallest absolute Gasteiger partial charge is 0.276 e. The largest absolute Gasteiger partial charge is 0.323 e. The quantitative estimate of drug-likeness (QED) is 0.732. The summed E-state index contributed by atoms with van der Waals surface area (Å²) in [6.45, 7) is 1.72. The molecule has 1 aromatic carbocycles. The summed E-state index contributed by atoms with van der Waals surface area (Å²) in [5, 5.41) is 6.68. The van der Waals surface area contributed by atoms with Crippen LogP contribution in [-0.2, 0) is 0 Å². The van der Waals surface area contributed by atoms with Gasteiger partial charge < -0.3 is 10.3 Å². The van der Waals surface area contributed by atoms with Gasteiger partial charge in [0, 0.05) is 22.4 Å². The van der Waals surface area contributed by atoms with Gasteiger partial charge in [0.2, 0.25) is 0 Å². The minimum atomic E-state index is -0.493. The Morgan fingerprint density at radius 3 is 2.91 bits per heavy atom. The zero-order valence-electron chi connectivity index (χ0n) is 11.4. The highest BCUT2D eigenvalue weighted by atomic mass is 79.9.